The zero-order valence-corrected chi connectivity index (χ0v) is 17.1. The molecular formula is C22H24FN3O4. The van der Waals surface area contributed by atoms with Gasteiger partial charge in [0.15, 0.2) is 0 Å². The fourth-order valence-electron chi connectivity index (χ4n) is 3.39. The average molecular weight is 413 g/mol. The van der Waals surface area contributed by atoms with Crippen molar-refractivity contribution in [1.82, 2.24) is 4.90 Å². The molecule has 1 heterocycles. The molecule has 0 aromatic heterocycles. The molecule has 8 heteroatoms. The summed E-state index contributed by atoms with van der Waals surface area (Å²) in [7, 11) is 0. The molecule has 0 saturated carbocycles. The van der Waals surface area contributed by atoms with Crippen molar-refractivity contribution in [3.63, 3.8) is 0 Å². The number of nitrogens with one attached hydrogen (secondary N) is 1. The van der Waals surface area contributed by atoms with Crippen molar-refractivity contribution in [3.05, 3.63) is 54.3 Å². The summed E-state index contributed by atoms with van der Waals surface area (Å²) < 4.78 is 18.6. The van der Waals surface area contributed by atoms with E-state index in [4.69, 9.17) is 4.74 Å². The molecular weight excluding hydrogens is 389 g/mol. The van der Waals surface area contributed by atoms with Gasteiger partial charge in [0, 0.05) is 11.7 Å². The van der Waals surface area contributed by atoms with Crippen LogP contribution in [0.4, 0.5) is 20.6 Å². The van der Waals surface area contributed by atoms with Gasteiger partial charge in [-0.05, 0) is 69.3 Å². The van der Waals surface area contributed by atoms with Crippen molar-refractivity contribution in [2.45, 2.75) is 39.3 Å². The topological polar surface area (TPSA) is 79.0 Å². The Morgan fingerprint density at radius 3 is 2.30 bits per heavy atom. The largest absolute Gasteiger partial charge is 0.494 e. The molecule has 1 fully saturated rings. The number of carbonyl (C=O) groups excluding carboxylic acids is 3. The highest BCUT2D eigenvalue weighted by Gasteiger charge is 2.47. The lowest BCUT2D eigenvalue weighted by atomic mass is 10.1. The van der Waals surface area contributed by atoms with Crippen molar-refractivity contribution in [2.75, 3.05) is 16.8 Å². The predicted octanol–water partition coefficient (Wildman–Crippen LogP) is 3.80. The summed E-state index contributed by atoms with van der Waals surface area (Å²) in [6.07, 6.45) is -0.187. The van der Waals surface area contributed by atoms with Crippen LogP contribution in [0.5, 0.6) is 5.75 Å². The van der Waals surface area contributed by atoms with E-state index in [-0.39, 0.29) is 18.2 Å². The van der Waals surface area contributed by atoms with Crippen LogP contribution >= 0.6 is 0 Å². The summed E-state index contributed by atoms with van der Waals surface area (Å²) in [6, 6.07) is 10.2. The van der Waals surface area contributed by atoms with Gasteiger partial charge < -0.3 is 15.0 Å². The Kier molecular flexibility index (Phi) is 6.34. The summed E-state index contributed by atoms with van der Waals surface area (Å²) in [6.45, 7) is 5.97. The highest BCUT2D eigenvalue weighted by atomic mass is 19.1. The van der Waals surface area contributed by atoms with Gasteiger partial charge in [0.1, 0.15) is 17.6 Å². The Morgan fingerprint density at radius 1 is 1.10 bits per heavy atom. The van der Waals surface area contributed by atoms with E-state index in [0.717, 1.165) is 4.90 Å². The van der Waals surface area contributed by atoms with E-state index in [1.54, 1.807) is 38.1 Å². The normalized spacial score (nSPS) is 16.4. The Balaban J connectivity index is 1.75. The molecule has 2 aromatic rings. The van der Waals surface area contributed by atoms with Gasteiger partial charge >= 0.3 is 6.03 Å². The number of halogens is 1. The Hall–Kier alpha value is -3.42. The highest BCUT2D eigenvalue weighted by molar-refractivity contribution is 6.22. The third-order valence-electron chi connectivity index (χ3n) is 4.72. The van der Waals surface area contributed by atoms with Crippen LogP contribution in [0.3, 0.4) is 0 Å². The zero-order chi connectivity index (χ0) is 21.8. The molecule has 158 valence electrons. The first-order valence-electron chi connectivity index (χ1n) is 9.76. The Labute approximate surface area is 174 Å². The van der Waals surface area contributed by atoms with Crippen molar-refractivity contribution in [2.24, 2.45) is 0 Å². The molecule has 2 aromatic carbocycles. The van der Waals surface area contributed by atoms with Crippen LogP contribution in [-0.4, -0.2) is 41.4 Å². The second kappa shape index (κ2) is 8.94. The lowest BCUT2D eigenvalue weighted by Gasteiger charge is -2.25. The lowest BCUT2D eigenvalue weighted by Crippen LogP contribution is -2.42. The lowest BCUT2D eigenvalue weighted by molar-refractivity contribution is -0.124. The van der Waals surface area contributed by atoms with Crippen molar-refractivity contribution in [1.29, 1.82) is 0 Å². The molecule has 7 nitrogen and oxygen atoms in total. The Bertz CT molecular complexity index is 928. The van der Waals surface area contributed by atoms with Gasteiger partial charge in [-0.15, -0.1) is 0 Å². The van der Waals surface area contributed by atoms with Gasteiger partial charge in [-0.3, -0.25) is 9.59 Å². The molecule has 1 N–H and O–H groups in total. The molecule has 0 bridgehead atoms. The van der Waals surface area contributed by atoms with Crippen LogP contribution in [0.25, 0.3) is 0 Å². The first kappa shape index (κ1) is 21.3. The van der Waals surface area contributed by atoms with Gasteiger partial charge in [0.05, 0.1) is 18.7 Å². The van der Waals surface area contributed by atoms with E-state index >= 15 is 0 Å². The molecule has 1 aliphatic heterocycles. The van der Waals surface area contributed by atoms with E-state index in [1.807, 2.05) is 6.92 Å². The van der Waals surface area contributed by atoms with Crippen LogP contribution in [0, 0.1) is 5.82 Å². The number of anilines is 2. The molecule has 3 rings (SSSR count). The molecule has 1 aliphatic rings. The van der Waals surface area contributed by atoms with E-state index in [9.17, 15) is 18.8 Å². The number of imide groups is 1. The van der Waals surface area contributed by atoms with Crippen molar-refractivity contribution >= 4 is 29.2 Å². The molecule has 0 spiro atoms. The summed E-state index contributed by atoms with van der Waals surface area (Å²) in [5.74, 6) is -0.683. The molecule has 0 aliphatic carbocycles. The number of hydrogen-bond acceptors (Lipinski definition) is 4. The van der Waals surface area contributed by atoms with Crippen LogP contribution in [0.1, 0.15) is 27.2 Å². The zero-order valence-electron chi connectivity index (χ0n) is 17.1. The third-order valence-corrected chi connectivity index (χ3v) is 4.72. The van der Waals surface area contributed by atoms with E-state index in [2.05, 4.69) is 5.32 Å². The predicted molar refractivity (Wildman–Crippen MR) is 111 cm³/mol. The van der Waals surface area contributed by atoms with Crippen LogP contribution < -0.4 is 15.0 Å². The number of urea groups is 1. The van der Waals surface area contributed by atoms with Crippen LogP contribution in [-0.2, 0) is 9.59 Å². The smallest absolute Gasteiger partial charge is 0.332 e. The molecule has 4 amide bonds. The molecule has 1 saturated heterocycles. The SMILES string of the molecule is CCOc1ccc(NC(=O)CC2C(=O)N(c3ccc(F)cc3)C(=O)N2C(C)C)cc1. The molecule has 1 unspecified atom stereocenters. The summed E-state index contributed by atoms with van der Waals surface area (Å²) in [5, 5.41) is 2.74. The summed E-state index contributed by atoms with van der Waals surface area (Å²) >= 11 is 0. The van der Waals surface area contributed by atoms with E-state index < -0.39 is 29.7 Å². The second-order valence-electron chi connectivity index (χ2n) is 7.16. The van der Waals surface area contributed by atoms with Gasteiger partial charge in [0.2, 0.25) is 5.91 Å². The maximum Gasteiger partial charge on any atom is 0.332 e. The fourth-order valence-corrected chi connectivity index (χ4v) is 3.39. The maximum atomic E-state index is 13.2. The minimum Gasteiger partial charge on any atom is -0.494 e. The van der Waals surface area contributed by atoms with Gasteiger partial charge in [-0.25, -0.2) is 14.1 Å². The highest BCUT2D eigenvalue weighted by Crippen LogP contribution is 2.29. The fraction of sp³-hybridized carbons (Fsp3) is 0.318. The number of rotatable bonds is 7. The quantitative estimate of drug-likeness (QED) is 0.701. The first-order chi connectivity index (χ1) is 14.3. The van der Waals surface area contributed by atoms with E-state index in [1.165, 1.54) is 29.2 Å². The van der Waals surface area contributed by atoms with Gasteiger partial charge in [-0.2, -0.15) is 0 Å². The monoisotopic (exact) mass is 413 g/mol. The number of ether oxygens (including phenoxy) is 1. The third kappa shape index (κ3) is 4.42. The summed E-state index contributed by atoms with van der Waals surface area (Å²) in [5.41, 5.74) is 0.832. The second-order valence-corrected chi connectivity index (χ2v) is 7.16. The van der Waals surface area contributed by atoms with Gasteiger partial charge in [-0.1, -0.05) is 0 Å². The average Bonchev–Trinajstić information content (AvgIpc) is 2.94. The minimum absolute atomic E-state index is 0.187. The summed E-state index contributed by atoms with van der Waals surface area (Å²) in [4.78, 5) is 40.8. The van der Waals surface area contributed by atoms with Crippen molar-refractivity contribution < 1.29 is 23.5 Å². The Morgan fingerprint density at radius 2 is 1.73 bits per heavy atom. The number of carbonyl (C=O) groups is 3. The number of hydrogen-bond donors (Lipinski definition) is 1. The standard InChI is InChI=1S/C22H24FN3O4/c1-4-30-18-11-7-16(8-12-18)24-20(27)13-19-21(28)26(22(29)25(19)14(2)3)17-9-5-15(23)6-10-17/h5-12,14,19H,4,13H2,1-3H3,(H,24,27). The number of nitrogens with zero attached hydrogens (tertiary/aromatic N) is 2. The van der Waals surface area contributed by atoms with E-state index in [0.29, 0.717) is 18.0 Å². The number of benzene rings is 2. The number of amides is 4. The van der Waals surface area contributed by atoms with Gasteiger partial charge in [0.25, 0.3) is 5.91 Å². The maximum absolute atomic E-state index is 13.2. The van der Waals surface area contributed by atoms with Crippen LogP contribution in [0.2, 0.25) is 0 Å². The van der Waals surface area contributed by atoms with Crippen molar-refractivity contribution in [3.8, 4) is 5.75 Å². The molecule has 0 radical (unpaired) electrons. The van der Waals surface area contributed by atoms with Crippen LogP contribution in [0.15, 0.2) is 48.5 Å². The minimum atomic E-state index is -0.940. The molecule has 1 atom stereocenters. The first-order valence-corrected chi connectivity index (χ1v) is 9.76. The molecule has 30 heavy (non-hydrogen) atoms.